The number of benzene rings is 2. The minimum atomic E-state index is 0.772. The van der Waals surface area contributed by atoms with E-state index in [1.165, 1.54) is 11.1 Å². The maximum absolute atomic E-state index is 4.75. The highest BCUT2D eigenvalue weighted by Crippen LogP contribution is 2.28. The second kappa shape index (κ2) is 7.21. The van der Waals surface area contributed by atoms with E-state index < -0.39 is 0 Å². The number of thiazole rings is 1. The van der Waals surface area contributed by atoms with E-state index in [4.69, 9.17) is 4.98 Å². The maximum atomic E-state index is 4.75. The summed E-state index contributed by atoms with van der Waals surface area (Å²) >= 11 is 3.33. The summed E-state index contributed by atoms with van der Waals surface area (Å²) in [6.45, 7) is 2.09. The fraction of sp³-hybridized carbons (Fsp3) is 0.105. The lowest BCUT2D eigenvalue weighted by atomic mass is 10.2. The molecular weight excluding hydrogens is 348 g/mol. The third-order valence-corrected chi connectivity index (χ3v) is 5.67. The van der Waals surface area contributed by atoms with Crippen molar-refractivity contribution in [2.45, 2.75) is 17.8 Å². The summed E-state index contributed by atoms with van der Waals surface area (Å²) in [5.41, 5.74) is 4.55. The molecule has 25 heavy (non-hydrogen) atoms. The molecule has 4 aromatic rings. The van der Waals surface area contributed by atoms with Crippen LogP contribution in [0.5, 0.6) is 0 Å². The molecule has 0 saturated heterocycles. The topological polar surface area (TPSA) is 43.6 Å². The van der Waals surface area contributed by atoms with Gasteiger partial charge in [-0.3, -0.25) is 4.57 Å². The summed E-state index contributed by atoms with van der Waals surface area (Å²) in [4.78, 5) is 4.75. The quantitative estimate of drug-likeness (QED) is 0.468. The van der Waals surface area contributed by atoms with Crippen molar-refractivity contribution in [3.63, 3.8) is 0 Å². The van der Waals surface area contributed by atoms with Gasteiger partial charge in [-0.1, -0.05) is 59.8 Å². The molecule has 0 aliphatic rings. The molecule has 0 amide bonds. The first-order valence-electron chi connectivity index (χ1n) is 7.89. The molecule has 0 aliphatic carbocycles. The lowest BCUT2D eigenvalue weighted by molar-refractivity contribution is 0.883. The number of hydrogen-bond acceptors (Lipinski definition) is 5. The third-order valence-electron chi connectivity index (χ3n) is 3.75. The highest BCUT2D eigenvalue weighted by Gasteiger charge is 2.10. The van der Waals surface area contributed by atoms with Gasteiger partial charge in [-0.25, -0.2) is 4.98 Å². The van der Waals surface area contributed by atoms with Gasteiger partial charge in [0.1, 0.15) is 11.3 Å². The van der Waals surface area contributed by atoms with Gasteiger partial charge in [0.2, 0.25) is 0 Å². The molecule has 4 nitrogen and oxygen atoms in total. The van der Waals surface area contributed by atoms with E-state index in [0.717, 1.165) is 27.3 Å². The fourth-order valence-electron chi connectivity index (χ4n) is 2.43. The number of thioether (sulfide) groups is 1. The average Bonchev–Trinajstić information content (AvgIpc) is 3.31. The van der Waals surface area contributed by atoms with Gasteiger partial charge in [0.25, 0.3) is 0 Å². The lowest BCUT2D eigenvalue weighted by Gasteiger charge is -2.04. The fourth-order valence-corrected chi connectivity index (χ4v) is 4.18. The first-order valence-corrected chi connectivity index (χ1v) is 9.76. The third kappa shape index (κ3) is 3.65. The van der Waals surface area contributed by atoms with Crippen molar-refractivity contribution in [2.75, 3.05) is 0 Å². The zero-order valence-corrected chi connectivity index (χ0v) is 15.3. The van der Waals surface area contributed by atoms with Gasteiger partial charge in [0.05, 0.1) is 5.69 Å². The van der Waals surface area contributed by atoms with Crippen molar-refractivity contribution in [2.24, 2.45) is 0 Å². The van der Waals surface area contributed by atoms with Crippen LogP contribution in [0.25, 0.3) is 16.3 Å². The van der Waals surface area contributed by atoms with Crippen LogP contribution >= 0.6 is 23.1 Å². The van der Waals surface area contributed by atoms with E-state index >= 15 is 0 Å². The number of aryl methyl sites for hydroxylation is 1. The van der Waals surface area contributed by atoms with E-state index in [1.54, 1.807) is 29.4 Å². The van der Waals surface area contributed by atoms with Crippen LogP contribution in [0.1, 0.15) is 11.3 Å². The highest BCUT2D eigenvalue weighted by molar-refractivity contribution is 7.98. The zero-order valence-electron chi connectivity index (χ0n) is 13.7. The van der Waals surface area contributed by atoms with Crippen LogP contribution in [-0.4, -0.2) is 19.7 Å². The van der Waals surface area contributed by atoms with Crippen molar-refractivity contribution < 1.29 is 0 Å². The minimum Gasteiger partial charge on any atom is -0.277 e. The molecule has 0 unspecified atom stereocenters. The molecule has 0 saturated carbocycles. The van der Waals surface area contributed by atoms with Crippen LogP contribution in [0.4, 0.5) is 0 Å². The molecule has 0 bridgehead atoms. The number of para-hydroxylation sites is 1. The number of nitrogens with zero attached hydrogens (tertiary/aromatic N) is 4. The molecule has 6 heteroatoms. The first kappa shape index (κ1) is 16.1. The average molecular weight is 364 g/mol. The van der Waals surface area contributed by atoms with E-state index in [9.17, 15) is 0 Å². The SMILES string of the molecule is Cc1ccc(-c2nc(CSc3nncn3-c3ccccc3)cs2)cc1. The summed E-state index contributed by atoms with van der Waals surface area (Å²) in [5.74, 6) is 0.772. The Bertz CT molecular complexity index is 959. The molecule has 2 aromatic heterocycles. The molecule has 0 radical (unpaired) electrons. The molecule has 2 aromatic carbocycles. The Balaban J connectivity index is 1.48. The predicted octanol–water partition coefficient (Wildman–Crippen LogP) is 4.99. The molecule has 0 spiro atoms. The van der Waals surface area contributed by atoms with Gasteiger partial charge in [-0.05, 0) is 19.1 Å². The molecular formula is C19H16N4S2. The minimum absolute atomic E-state index is 0.772. The van der Waals surface area contributed by atoms with Crippen molar-refractivity contribution in [1.82, 2.24) is 19.7 Å². The Morgan fingerprint density at radius 3 is 2.64 bits per heavy atom. The normalized spacial score (nSPS) is 10.9. The zero-order chi connectivity index (χ0) is 17.1. The summed E-state index contributed by atoms with van der Waals surface area (Å²) in [6, 6.07) is 18.6. The molecule has 0 fully saturated rings. The highest BCUT2D eigenvalue weighted by atomic mass is 32.2. The van der Waals surface area contributed by atoms with Crippen molar-refractivity contribution in [1.29, 1.82) is 0 Å². The predicted molar refractivity (Wildman–Crippen MR) is 103 cm³/mol. The van der Waals surface area contributed by atoms with Crippen LogP contribution in [0.2, 0.25) is 0 Å². The van der Waals surface area contributed by atoms with Crippen molar-refractivity contribution in [3.8, 4) is 16.3 Å². The van der Waals surface area contributed by atoms with Crippen molar-refractivity contribution >= 4 is 23.1 Å². The van der Waals surface area contributed by atoms with Gasteiger partial charge in [-0.2, -0.15) is 0 Å². The summed E-state index contributed by atoms with van der Waals surface area (Å²) in [7, 11) is 0. The van der Waals surface area contributed by atoms with Gasteiger partial charge in [-0.15, -0.1) is 21.5 Å². The summed E-state index contributed by atoms with van der Waals surface area (Å²) in [5, 5.41) is 12.3. The van der Waals surface area contributed by atoms with Crippen LogP contribution in [0.15, 0.2) is 71.5 Å². The first-order chi connectivity index (χ1) is 12.3. The summed E-state index contributed by atoms with van der Waals surface area (Å²) < 4.78 is 2.00. The maximum Gasteiger partial charge on any atom is 0.195 e. The van der Waals surface area contributed by atoms with Crippen LogP contribution < -0.4 is 0 Å². The van der Waals surface area contributed by atoms with E-state index in [0.29, 0.717) is 0 Å². The second-order valence-corrected chi connectivity index (χ2v) is 7.42. The lowest BCUT2D eigenvalue weighted by Crippen LogP contribution is -1.94. The Morgan fingerprint density at radius 2 is 1.84 bits per heavy atom. The Hall–Kier alpha value is -2.44. The standard InChI is InChI=1S/C19H16N4S2/c1-14-7-9-15(10-8-14)18-21-16(11-24-18)12-25-19-22-20-13-23(19)17-5-3-2-4-6-17/h2-11,13H,12H2,1H3. The van der Waals surface area contributed by atoms with Gasteiger partial charge in [0, 0.05) is 22.4 Å². The van der Waals surface area contributed by atoms with E-state index in [1.807, 2.05) is 34.9 Å². The van der Waals surface area contributed by atoms with Crippen LogP contribution in [0.3, 0.4) is 0 Å². The van der Waals surface area contributed by atoms with Gasteiger partial charge in [0.15, 0.2) is 5.16 Å². The molecule has 0 atom stereocenters. The Labute approximate surface area is 154 Å². The van der Waals surface area contributed by atoms with Gasteiger partial charge < -0.3 is 0 Å². The Morgan fingerprint density at radius 1 is 1.04 bits per heavy atom. The number of hydrogen-bond donors (Lipinski definition) is 0. The number of aromatic nitrogens is 4. The monoisotopic (exact) mass is 364 g/mol. The van der Waals surface area contributed by atoms with E-state index in [2.05, 4.69) is 46.8 Å². The largest absolute Gasteiger partial charge is 0.277 e. The van der Waals surface area contributed by atoms with Crippen LogP contribution in [-0.2, 0) is 5.75 Å². The second-order valence-electron chi connectivity index (χ2n) is 5.62. The molecule has 124 valence electrons. The Kier molecular flexibility index (Phi) is 4.63. The smallest absolute Gasteiger partial charge is 0.195 e. The molecule has 4 rings (SSSR count). The van der Waals surface area contributed by atoms with Gasteiger partial charge >= 0.3 is 0 Å². The van der Waals surface area contributed by atoms with Crippen LogP contribution in [0, 0.1) is 6.92 Å². The molecule has 2 heterocycles. The van der Waals surface area contributed by atoms with E-state index in [-0.39, 0.29) is 0 Å². The molecule has 0 N–H and O–H groups in total. The summed E-state index contributed by atoms with van der Waals surface area (Å²) in [6.07, 6.45) is 1.75. The number of rotatable bonds is 5. The molecule has 0 aliphatic heterocycles. The van der Waals surface area contributed by atoms with Crippen molar-refractivity contribution in [3.05, 3.63) is 77.6 Å².